The highest BCUT2D eigenvalue weighted by Crippen LogP contribution is 2.31. The van der Waals surface area contributed by atoms with Crippen molar-refractivity contribution < 1.29 is 4.79 Å². The lowest BCUT2D eigenvalue weighted by atomic mass is 10.1. The Bertz CT molecular complexity index is 1210. The minimum Gasteiger partial charge on any atom is -0.322 e. The molecule has 0 aliphatic heterocycles. The summed E-state index contributed by atoms with van der Waals surface area (Å²) < 4.78 is 2.13. The fraction of sp³-hybridized carbons (Fsp3) is 0.115. The minimum atomic E-state index is -0.127. The molecule has 4 rings (SSSR count). The first kappa shape index (κ1) is 20.0. The summed E-state index contributed by atoms with van der Waals surface area (Å²) in [5.74, 6) is -0.127. The molecule has 1 amide bonds. The number of aryl methyl sites for hydroxylation is 2. The zero-order chi connectivity index (χ0) is 21.3. The Morgan fingerprint density at radius 2 is 1.53 bits per heavy atom. The molecule has 1 heterocycles. The fourth-order valence-electron chi connectivity index (χ4n) is 3.60. The molecule has 150 valence electrons. The van der Waals surface area contributed by atoms with Gasteiger partial charge in [0.1, 0.15) is 0 Å². The minimum absolute atomic E-state index is 0.127. The van der Waals surface area contributed by atoms with Crippen molar-refractivity contribution in [1.82, 2.24) is 4.57 Å². The molecule has 0 unspecified atom stereocenters. The SMILES string of the molecule is Cc1ccc(NC(=O)c2cc(-c3ccc(Cl)cc3)n(-c3cccc(C)c3)c2C)cc1. The van der Waals surface area contributed by atoms with Crippen molar-refractivity contribution >= 4 is 23.2 Å². The van der Waals surface area contributed by atoms with Crippen molar-refractivity contribution in [3.63, 3.8) is 0 Å². The molecule has 0 saturated carbocycles. The van der Waals surface area contributed by atoms with E-state index in [4.69, 9.17) is 11.6 Å². The van der Waals surface area contributed by atoms with Crippen molar-refractivity contribution in [2.75, 3.05) is 5.32 Å². The standard InChI is InChI=1S/C26H23ClN2O/c1-17-7-13-22(14-8-17)28-26(30)24-16-25(20-9-11-21(27)12-10-20)29(19(24)3)23-6-4-5-18(2)15-23/h4-16H,1-3H3,(H,28,30). The number of anilines is 1. The Hall–Kier alpha value is -3.30. The first-order valence-corrected chi connectivity index (χ1v) is 10.2. The van der Waals surface area contributed by atoms with Crippen molar-refractivity contribution in [2.45, 2.75) is 20.8 Å². The average Bonchev–Trinajstić information content (AvgIpc) is 3.07. The number of nitrogens with zero attached hydrogens (tertiary/aromatic N) is 1. The van der Waals surface area contributed by atoms with Crippen LogP contribution >= 0.6 is 11.6 Å². The van der Waals surface area contributed by atoms with Gasteiger partial charge in [-0.15, -0.1) is 0 Å². The van der Waals surface area contributed by atoms with Crippen LogP contribution in [0.25, 0.3) is 16.9 Å². The first-order chi connectivity index (χ1) is 14.4. The number of rotatable bonds is 4. The molecular weight excluding hydrogens is 392 g/mol. The molecule has 4 heteroatoms. The average molecular weight is 415 g/mol. The number of amides is 1. The van der Waals surface area contributed by atoms with Gasteiger partial charge in [-0.25, -0.2) is 0 Å². The normalized spacial score (nSPS) is 10.8. The molecule has 3 nitrogen and oxygen atoms in total. The van der Waals surface area contributed by atoms with E-state index in [1.54, 1.807) is 0 Å². The third kappa shape index (κ3) is 4.03. The van der Waals surface area contributed by atoms with Crippen LogP contribution < -0.4 is 5.32 Å². The van der Waals surface area contributed by atoms with E-state index >= 15 is 0 Å². The van der Waals surface area contributed by atoms with E-state index in [9.17, 15) is 4.79 Å². The number of carbonyl (C=O) groups excluding carboxylic acids is 1. The molecule has 0 atom stereocenters. The maximum absolute atomic E-state index is 13.1. The lowest BCUT2D eigenvalue weighted by Gasteiger charge is -2.13. The number of nitrogens with one attached hydrogen (secondary N) is 1. The second kappa shape index (κ2) is 8.21. The van der Waals surface area contributed by atoms with E-state index in [-0.39, 0.29) is 5.91 Å². The molecule has 0 bridgehead atoms. The van der Waals surface area contributed by atoms with Crippen LogP contribution in [0.4, 0.5) is 5.69 Å². The summed E-state index contributed by atoms with van der Waals surface area (Å²) in [4.78, 5) is 13.1. The van der Waals surface area contributed by atoms with Gasteiger partial charge in [-0.1, -0.05) is 53.6 Å². The largest absolute Gasteiger partial charge is 0.322 e. The third-order valence-electron chi connectivity index (χ3n) is 5.20. The van der Waals surface area contributed by atoms with Crippen molar-refractivity contribution in [1.29, 1.82) is 0 Å². The van der Waals surface area contributed by atoms with Gasteiger partial charge in [-0.3, -0.25) is 4.79 Å². The molecule has 0 saturated heterocycles. The number of halogens is 1. The smallest absolute Gasteiger partial charge is 0.257 e. The maximum atomic E-state index is 13.1. The first-order valence-electron chi connectivity index (χ1n) is 9.86. The Morgan fingerprint density at radius 1 is 0.833 bits per heavy atom. The quantitative estimate of drug-likeness (QED) is 0.384. The van der Waals surface area contributed by atoms with Gasteiger partial charge in [0.05, 0.1) is 11.3 Å². The van der Waals surface area contributed by atoms with E-state index in [1.165, 1.54) is 0 Å². The highest BCUT2D eigenvalue weighted by atomic mass is 35.5. The molecule has 4 aromatic rings. The molecule has 30 heavy (non-hydrogen) atoms. The monoisotopic (exact) mass is 414 g/mol. The molecule has 0 aliphatic carbocycles. The fourth-order valence-corrected chi connectivity index (χ4v) is 3.73. The molecular formula is C26H23ClN2O. The van der Waals surface area contributed by atoms with Crippen LogP contribution in [-0.4, -0.2) is 10.5 Å². The Balaban J connectivity index is 1.82. The summed E-state index contributed by atoms with van der Waals surface area (Å²) in [7, 11) is 0. The van der Waals surface area contributed by atoms with Crippen LogP contribution in [0.15, 0.2) is 78.9 Å². The maximum Gasteiger partial charge on any atom is 0.257 e. The van der Waals surface area contributed by atoms with E-state index in [0.29, 0.717) is 10.6 Å². The van der Waals surface area contributed by atoms with Crippen LogP contribution in [0.5, 0.6) is 0 Å². The van der Waals surface area contributed by atoms with E-state index in [1.807, 2.05) is 74.5 Å². The van der Waals surface area contributed by atoms with Crippen molar-refractivity contribution in [2.24, 2.45) is 0 Å². The summed E-state index contributed by atoms with van der Waals surface area (Å²) >= 11 is 6.09. The third-order valence-corrected chi connectivity index (χ3v) is 5.45. The van der Waals surface area contributed by atoms with E-state index in [2.05, 4.69) is 35.0 Å². The van der Waals surface area contributed by atoms with Crippen molar-refractivity contribution in [3.05, 3.63) is 106 Å². The highest BCUT2D eigenvalue weighted by molar-refractivity contribution is 6.30. The van der Waals surface area contributed by atoms with Gasteiger partial charge in [-0.05, 0) is 74.4 Å². The zero-order valence-electron chi connectivity index (χ0n) is 17.2. The molecule has 1 N–H and O–H groups in total. The Kier molecular flexibility index (Phi) is 5.47. The van der Waals surface area contributed by atoms with E-state index in [0.717, 1.165) is 39.5 Å². The summed E-state index contributed by atoms with van der Waals surface area (Å²) in [6.07, 6.45) is 0. The predicted octanol–water partition coefficient (Wildman–Crippen LogP) is 6.98. The lowest BCUT2D eigenvalue weighted by Crippen LogP contribution is -2.13. The van der Waals surface area contributed by atoms with Gasteiger partial charge in [0, 0.05) is 22.1 Å². The van der Waals surface area contributed by atoms with Crippen LogP contribution in [0.3, 0.4) is 0 Å². The molecule has 0 spiro atoms. The molecule has 0 fully saturated rings. The second-order valence-corrected chi connectivity index (χ2v) is 7.97. The van der Waals surface area contributed by atoms with Gasteiger partial charge < -0.3 is 9.88 Å². The molecule has 0 aliphatic rings. The predicted molar refractivity (Wildman–Crippen MR) is 125 cm³/mol. The number of carbonyl (C=O) groups is 1. The topological polar surface area (TPSA) is 34.0 Å². The van der Waals surface area contributed by atoms with Gasteiger partial charge in [0.25, 0.3) is 5.91 Å². The Labute approximate surface area is 181 Å². The van der Waals surface area contributed by atoms with Crippen LogP contribution in [0.2, 0.25) is 5.02 Å². The van der Waals surface area contributed by atoms with Gasteiger partial charge >= 0.3 is 0 Å². The van der Waals surface area contributed by atoms with Crippen LogP contribution in [0, 0.1) is 20.8 Å². The van der Waals surface area contributed by atoms with Gasteiger partial charge in [-0.2, -0.15) is 0 Å². The van der Waals surface area contributed by atoms with E-state index < -0.39 is 0 Å². The summed E-state index contributed by atoms with van der Waals surface area (Å²) in [5, 5.41) is 3.70. The molecule has 3 aromatic carbocycles. The Morgan fingerprint density at radius 3 is 2.20 bits per heavy atom. The molecule has 1 aromatic heterocycles. The number of hydrogen-bond acceptors (Lipinski definition) is 1. The highest BCUT2D eigenvalue weighted by Gasteiger charge is 2.20. The summed E-state index contributed by atoms with van der Waals surface area (Å²) in [6.45, 7) is 6.07. The number of hydrogen-bond donors (Lipinski definition) is 1. The van der Waals surface area contributed by atoms with Crippen LogP contribution in [-0.2, 0) is 0 Å². The van der Waals surface area contributed by atoms with Crippen molar-refractivity contribution in [3.8, 4) is 16.9 Å². The zero-order valence-corrected chi connectivity index (χ0v) is 18.0. The summed E-state index contributed by atoms with van der Waals surface area (Å²) in [6, 6.07) is 25.7. The summed E-state index contributed by atoms with van der Waals surface area (Å²) in [5.41, 5.74) is 7.58. The number of aromatic nitrogens is 1. The number of benzene rings is 3. The molecule has 0 radical (unpaired) electrons. The van der Waals surface area contributed by atoms with Gasteiger partial charge in [0.2, 0.25) is 0 Å². The second-order valence-electron chi connectivity index (χ2n) is 7.53. The van der Waals surface area contributed by atoms with Crippen LogP contribution in [0.1, 0.15) is 27.2 Å². The van der Waals surface area contributed by atoms with Gasteiger partial charge in [0.15, 0.2) is 0 Å². The lowest BCUT2D eigenvalue weighted by molar-refractivity contribution is 0.102.